The van der Waals surface area contributed by atoms with Crippen molar-refractivity contribution in [3.05, 3.63) is 48.5 Å². The summed E-state index contributed by atoms with van der Waals surface area (Å²) in [6.45, 7) is 0. The number of azo groups is 1. The van der Waals surface area contributed by atoms with Gasteiger partial charge >= 0.3 is 59.1 Å². The topological polar surface area (TPSA) is 180 Å². The van der Waals surface area contributed by atoms with Crippen LogP contribution >= 0.6 is 0 Å². The van der Waals surface area contributed by atoms with E-state index in [0.717, 1.165) is 18.2 Å². The first kappa shape index (κ1) is 27.0. The molecule has 0 atom stereocenters. The summed E-state index contributed by atoms with van der Waals surface area (Å²) in [5.41, 5.74) is 5.27. The van der Waals surface area contributed by atoms with Gasteiger partial charge < -0.3 is 10.8 Å². The Labute approximate surface area is 216 Å². The van der Waals surface area contributed by atoms with Gasteiger partial charge in [-0.3, -0.25) is 9.11 Å². The number of fused-ring (bicyclic) bond motifs is 1. The summed E-state index contributed by atoms with van der Waals surface area (Å²) in [6, 6.07) is 10.8. The standard InChI is InChI=1S/C16H13N3O7S2.2Na.2H/c17-12-8-11(27(21,22)23)6-9-7-13(28(24,25)26)15(16(20)14(9)12)19-18-10-4-2-1-3-5-10;;;;/h1-8,20H,17H2,(H,21,22,23)(H,24,25,26);;;;/b19-18+;;;;. The molecule has 0 heterocycles. The van der Waals surface area contributed by atoms with Gasteiger partial charge in [0.15, 0.2) is 5.75 Å². The van der Waals surface area contributed by atoms with Crippen molar-refractivity contribution < 1.29 is 31.0 Å². The summed E-state index contributed by atoms with van der Waals surface area (Å²) in [6.07, 6.45) is 0. The Hall–Kier alpha value is -1.06. The Balaban J connectivity index is 0.00000225. The van der Waals surface area contributed by atoms with Crippen LogP contribution in [0, 0.1) is 0 Å². The number of hydrogen-bond acceptors (Lipinski definition) is 8. The molecule has 0 saturated heterocycles. The summed E-state index contributed by atoms with van der Waals surface area (Å²) in [4.78, 5) is -1.43. The molecule has 0 saturated carbocycles. The van der Waals surface area contributed by atoms with Crippen molar-refractivity contribution in [3.63, 3.8) is 0 Å². The fourth-order valence-electron chi connectivity index (χ4n) is 2.54. The second-order valence-electron chi connectivity index (χ2n) is 5.67. The van der Waals surface area contributed by atoms with Gasteiger partial charge in [-0.1, -0.05) is 18.2 Å². The summed E-state index contributed by atoms with van der Waals surface area (Å²) in [7, 11) is -9.53. The molecule has 0 spiro atoms. The van der Waals surface area contributed by atoms with Crippen LogP contribution in [-0.4, -0.2) is 90.2 Å². The Morgan fingerprint density at radius 2 is 1.43 bits per heavy atom. The average Bonchev–Trinajstić information content (AvgIpc) is 2.59. The Morgan fingerprint density at radius 3 is 1.97 bits per heavy atom. The number of phenols is 1. The van der Waals surface area contributed by atoms with Crippen molar-refractivity contribution in [1.29, 1.82) is 0 Å². The molecule has 0 bridgehead atoms. The molecule has 14 heteroatoms. The van der Waals surface area contributed by atoms with E-state index in [4.69, 9.17) is 5.73 Å². The fraction of sp³-hybridized carbons (Fsp3) is 0. The van der Waals surface area contributed by atoms with Crippen molar-refractivity contribution in [1.82, 2.24) is 0 Å². The van der Waals surface area contributed by atoms with Crippen LogP contribution in [0.4, 0.5) is 17.1 Å². The monoisotopic (exact) mass is 471 g/mol. The quantitative estimate of drug-likeness (QED) is 0.192. The summed E-state index contributed by atoms with van der Waals surface area (Å²) < 4.78 is 65.0. The van der Waals surface area contributed by atoms with Crippen molar-refractivity contribution in [2.45, 2.75) is 9.79 Å². The van der Waals surface area contributed by atoms with Crippen molar-refractivity contribution >= 4 is 107 Å². The van der Waals surface area contributed by atoms with Gasteiger partial charge in [0.25, 0.3) is 20.2 Å². The van der Waals surface area contributed by atoms with Gasteiger partial charge in [-0.05, 0) is 35.7 Å². The molecule has 10 nitrogen and oxygen atoms in total. The molecule has 0 aliphatic rings. The molecule has 0 aliphatic heterocycles. The number of anilines is 1. The number of hydrogen-bond donors (Lipinski definition) is 4. The molecule has 0 radical (unpaired) electrons. The molecule has 150 valence electrons. The number of nitrogens with zero attached hydrogens (tertiary/aromatic N) is 2. The first-order chi connectivity index (χ1) is 13.0. The van der Waals surface area contributed by atoms with Crippen molar-refractivity contribution in [2.24, 2.45) is 10.2 Å². The predicted octanol–water partition coefficient (Wildman–Crippen LogP) is 1.74. The number of nitrogens with two attached hydrogens (primary N) is 1. The van der Waals surface area contributed by atoms with Crippen LogP contribution in [0.3, 0.4) is 0 Å². The fourth-order valence-corrected chi connectivity index (χ4v) is 3.75. The minimum atomic E-state index is -4.88. The molecular formula is C16H15N3Na2O7S2. The first-order valence-corrected chi connectivity index (χ1v) is 10.4. The number of rotatable bonds is 4. The van der Waals surface area contributed by atoms with Crippen LogP contribution < -0.4 is 5.73 Å². The molecule has 0 amide bonds. The van der Waals surface area contributed by atoms with Gasteiger partial charge in [0.1, 0.15) is 10.6 Å². The molecule has 3 aromatic rings. The van der Waals surface area contributed by atoms with Gasteiger partial charge in [0.05, 0.1) is 10.6 Å². The Kier molecular flexibility index (Phi) is 9.03. The van der Waals surface area contributed by atoms with Gasteiger partial charge in [0.2, 0.25) is 0 Å². The zero-order chi connectivity index (χ0) is 20.7. The minimum absolute atomic E-state index is 0. The maximum absolute atomic E-state index is 11.8. The molecule has 0 unspecified atom stereocenters. The normalized spacial score (nSPS) is 11.8. The number of nitrogen functional groups attached to an aromatic ring is 1. The second-order valence-corrected chi connectivity index (χ2v) is 8.48. The van der Waals surface area contributed by atoms with E-state index >= 15 is 0 Å². The summed E-state index contributed by atoms with van der Waals surface area (Å²) >= 11 is 0. The molecule has 3 aromatic carbocycles. The van der Waals surface area contributed by atoms with Crippen LogP contribution in [0.15, 0.2) is 68.6 Å². The van der Waals surface area contributed by atoms with Gasteiger partial charge in [-0.2, -0.15) is 21.9 Å². The molecule has 30 heavy (non-hydrogen) atoms. The maximum atomic E-state index is 11.8. The van der Waals surface area contributed by atoms with Crippen molar-refractivity contribution in [3.8, 4) is 5.75 Å². The number of aromatic hydroxyl groups is 1. The Morgan fingerprint density at radius 1 is 0.833 bits per heavy atom. The van der Waals surface area contributed by atoms with E-state index in [1.165, 1.54) is 0 Å². The van der Waals surface area contributed by atoms with Crippen LogP contribution in [0.2, 0.25) is 0 Å². The summed E-state index contributed by atoms with van der Waals surface area (Å²) in [5.74, 6) is -0.732. The van der Waals surface area contributed by atoms with Gasteiger partial charge in [-0.15, -0.1) is 5.11 Å². The molecule has 0 aromatic heterocycles. The third-order valence-electron chi connectivity index (χ3n) is 3.75. The SMILES string of the molecule is Nc1cc(S(=O)(=O)O)cc2cc(S(=O)(=O)O)c(/N=N/c3ccccc3)c(O)c12.[NaH].[NaH]. The van der Waals surface area contributed by atoms with Crippen LogP contribution in [0.1, 0.15) is 0 Å². The second kappa shape index (κ2) is 10.0. The van der Waals surface area contributed by atoms with E-state index in [9.17, 15) is 31.0 Å². The van der Waals surface area contributed by atoms with E-state index < -0.39 is 41.5 Å². The van der Waals surface area contributed by atoms with E-state index in [-0.39, 0.29) is 75.6 Å². The third-order valence-corrected chi connectivity index (χ3v) is 5.45. The predicted molar refractivity (Wildman–Crippen MR) is 115 cm³/mol. The van der Waals surface area contributed by atoms with E-state index in [0.29, 0.717) is 5.69 Å². The van der Waals surface area contributed by atoms with E-state index in [1.807, 2.05) is 0 Å². The van der Waals surface area contributed by atoms with Crippen LogP contribution in [0.25, 0.3) is 10.8 Å². The van der Waals surface area contributed by atoms with Crippen molar-refractivity contribution in [2.75, 3.05) is 5.73 Å². The zero-order valence-corrected chi connectivity index (χ0v) is 15.5. The average molecular weight is 471 g/mol. The molecule has 3 rings (SSSR count). The van der Waals surface area contributed by atoms with Gasteiger partial charge in [0, 0.05) is 11.1 Å². The number of phenolic OH excluding ortho intramolecular Hbond substituents is 1. The zero-order valence-electron chi connectivity index (χ0n) is 13.9. The van der Waals surface area contributed by atoms with Crippen LogP contribution in [0.5, 0.6) is 5.75 Å². The summed E-state index contributed by atoms with van der Waals surface area (Å²) in [5, 5.41) is 17.8. The van der Waals surface area contributed by atoms with E-state index in [1.54, 1.807) is 30.3 Å². The van der Waals surface area contributed by atoms with E-state index in [2.05, 4.69) is 10.2 Å². The third kappa shape index (κ3) is 5.79. The first-order valence-electron chi connectivity index (χ1n) is 7.49. The van der Waals surface area contributed by atoms with Crippen LogP contribution in [-0.2, 0) is 20.2 Å². The molecule has 5 N–H and O–H groups in total. The molecule has 0 aliphatic carbocycles. The van der Waals surface area contributed by atoms with Gasteiger partial charge in [-0.25, -0.2) is 0 Å². The Bertz CT molecular complexity index is 1330. The molecular weight excluding hydrogens is 456 g/mol. The number of benzene rings is 3. The molecule has 0 fully saturated rings.